The van der Waals surface area contributed by atoms with Crippen molar-refractivity contribution in [3.05, 3.63) is 59.3 Å². The van der Waals surface area contributed by atoms with Gasteiger partial charge in [0, 0.05) is 25.7 Å². The van der Waals surface area contributed by atoms with Crippen molar-refractivity contribution in [1.29, 1.82) is 0 Å². The van der Waals surface area contributed by atoms with E-state index in [-0.39, 0.29) is 17.8 Å². The fraction of sp³-hybridized carbons (Fsp3) is 0.429. The van der Waals surface area contributed by atoms with E-state index in [1.807, 2.05) is 14.0 Å². The van der Waals surface area contributed by atoms with E-state index in [1.165, 1.54) is 12.1 Å². The van der Waals surface area contributed by atoms with E-state index < -0.39 is 0 Å². The number of likely N-dealkylation sites (tertiary alicyclic amines) is 1. The van der Waals surface area contributed by atoms with Crippen LogP contribution in [-0.2, 0) is 13.5 Å². The Morgan fingerprint density at radius 3 is 2.83 bits per heavy atom. The van der Waals surface area contributed by atoms with Crippen LogP contribution in [0.25, 0.3) is 0 Å². The molecule has 1 aromatic carbocycles. The number of nitrogens with zero attached hydrogens (tertiary/aromatic N) is 5. The molecule has 3 aromatic rings. The van der Waals surface area contributed by atoms with Gasteiger partial charge in [0.2, 0.25) is 5.89 Å². The highest BCUT2D eigenvalue weighted by atomic mass is 19.1. The molecule has 1 aliphatic rings. The fourth-order valence-electron chi connectivity index (χ4n) is 3.54. The van der Waals surface area contributed by atoms with Crippen molar-refractivity contribution in [2.75, 3.05) is 13.2 Å². The zero-order chi connectivity index (χ0) is 21.1. The number of carbonyl (C=O) groups is 1. The lowest BCUT2D eigenvalue weighted by atomic mass is 10.0. The highest BCUT2D eigenvalue weighted by Gasteiger charge is 2.33. The Morgan fingerprint density at radius 1 is 1.30 bits per heavy atom. The summed E-state index contributed by atoms with van der Waals surface area (Å²) in [5, 5.41) is 8.35. The van der Waals surface area contributed by atoms with E-state index in [9.17, 15) is 9.18 Å². The summed E-state index contributed by atoms with van der Waals surface area (Å²) in [4.78, 5) is 19.3. The first-order valence-corrected chi connectivity index (χ1v) is 10.0. The van der Waals surface area contributed by atoms with Crippen LogP contribution in [0.1, 0.15) is 53.2 Å². The third-order valence-electron chi connectivity index (χ3n) is 5.27. The van der Waals surface area contributed by atoms with Crippen molar-refractivity contribution >= 4 is 5.91 Å². The van der Waals surface area contributed by atoms with Gasteiger partial charge in [-0.05, 0) is 56.5 Å². The standard InChI is InChI=1S/C21H24FN5O3/c1-14-13-17(24-26(14)2)21(28)27-11-4-3-5-18(27)20-23-19(25-30-20)10-12-29-16-8-6-15(22)7-9-16/h6-9,13,18H,3-5,10-12H2,1-2H3. The van der Waals surface area contributed by atoms with Gasteiger partial charge < -0.3 is 14.2 Å². The van der Waals surface area contributed by atoms with E-state index in [4.69, 9.17) is 9.26 Å². The number of benzene rings is 1. The zero-order valence-corrected chi connectivity index (χ0v) is 17.0. The van der Waals surface area contributed by atoms with E-state index in [0.717, 1.165) is 25.0 Å². The number of rotatable bonds is 6. The Hall–Kier alpha value is -3.23. The number of hydrogen-bond acceptors (Lipinski definition) is 6. The lowest BCUT2D eigenvalue weighted by Gasteiger charge is -2.32. The number of hydrogen-bond donors (Lipinski definition) is 0. The first kappa shape index (κ1) is 20.1. The molecule has 1 saturated heterocycles. The summed E-state index contributed by atoms with van der Waals surface area (Å²) < 4.78 is 25.7. The summed E-state index contributed by atoms with van der Waals surface area (Å²) in [6.45, 7) is 2.88. The Bertz CT molecular complexity index is 995. The molecule has 0 bridgehead atoms. The summed E-state index contributed by atoms with van der Waals surface area (Å²) in [6, 6.07) is 7.37. The maximum Gasteiger partial charge on any atom is 0.275 e. The van der Waals surface area contributed by atoms with Crippen molar-refractivity contribution in [2.45, 2.75) is 38.6 Å². The van der Waals surface area contributed by atoms with Gasteiger partial charge in [-0.1, -0.05) is 5.16 Å². The Kier molecular flexibility index (Phi) is 5.78. The normalized spacial score (nSPS) is 16.6. The summed E-state index contributed by atoms with van der Waals surface area (Å²) >= 11 is 0. The molecule has 0 saturated carbocycles. The number of aromatic nitrogens is 4. The van der Waals surface area contributed by atoms with Crippen LogP contribution in [0.5, 0.6) is 5.75 Å². The molecule has 1 atom stereocenters. The van der Waals surface area contributed by atoms with Crippen LogP contribution in [0.2, 0.25) is 0 Å². The molecule has 4 rings (SSSR count). The molecule has 0 radical (unpaired) electrons. The number of carbonyl (C=O) groups excluding carboxylic acids is 1. The van der Waals surface area contributed by atoms with E-state index in [1.54, 1.807) is 27.8 Å². The molecular formula is C21H24FN5O3. The van der Waals surface area contributed by atoms with E-state index >= 15 is 0 Å². The molecule has 158 valence electrons. The predicted octanol–water partition coefficient (Wildman–Crippen LogP) is 3.24. The van der Waals surface area contributed by atoms with Gasteiger partial charge in [0.1, 0.15) is 17.6 Å². The second-order valence-electron chi connectivity index (χ2n) is 7.41. The van der Waals surface area contributed by atoms with Gasteiger partial charge in [0.05, 0.1) is 6.61 Å². The fourth-order valence-corrected chi connectivity index (χ4v) is 3.54. The maximum atomic E-state index is 13.0. The number of aryl methyl sites for hydroxylation is 2. The SMILES string of the molecule is Cc1cc(C(=O)N2CCCCC2c2nc(CCOc3ccc(F)cc3)no2)nn1C. The molecule has 2 aromatic heterocycles. The highest BCUT2D eigenvalue weighted by molar-refractivity contribution is 5.92. The van der Waals surface area contributed by atoms with Crippen molar-refractivity contribution in [1.82, 2.24) is 24.8 Å². The molecule has 1 unspecified atom stereocenters. The van der Waals surface area contributed by atoms with Gasteiger partial charge in [-0.15, -0.1) is 0 Å². The number of piperidine rings is 1. The lowest BCUT2D eigenvalue weighted by Crippen LogP contribution is -2.39. The van der Waals surface area contributed by atoms with Gasteiger partial charge in [-0.3, -0.25) is 9.48 Å². The van der Waals surface area contributed by atoms with Crippen LogP contribution >= 0.6 is 0 Å². The third-order valence-corrected chi connectivity index (χ3v) is 5.27. The van der Waals surface area contributed by atoms with Crippen molar-refractivity contribution in [3.8, 4) is 5.75 Å². The van der Waals surface area contributed by atoms with E-state index in [2.05, 4.69) is 15.2 Å². The molecular weight excluding hydrogens is 389 g/mol. The lowest BCUT2D eigenvalue weighted by molar-refractivity contribution is 0.0554. The Morgan fingerprint density at radius 2 is 2.10 bits per heavy atom. The molecule has 1 amide bonds. The van der Waals surface area contributed by atoms with E-state index in [0.29, 0.717) is 42.7 Å². The molecule has 0 spiro atoms. The van der Waals surface area contributed by atoms with Gasteiger partial charge in [0.15, 0.2) is 11.5 Å². The monoisotopic (exact) mass is 413 g/mol. The van der Waals surface area contributed by atoms with Crippen molar-refractivity contribution in [2.24, 2.45) is 7.05 Å². The van der Waals surface area contributed by atoms with Crippen molar-refractivity contribution in [3.63, 3.8) is 0 Å². The minimum atomic E-state index is -0.308. The van der Waals surface area contributed by atoms with Crippen LogP contribution in [-0.4, -0.2) is 43.9 Å². The van der Waals surface area contributed by atoms with Gasteiger partial charge in [-0.25, -0.2) is 4.39 Å². The molecule has 3 heterocycles. The Labute approximate surface area is 173 Å². The first-order chi connectivity index (χ1) is 14.5. The smallest absolute Gasteiger partial charge is 0.275 e. The van der Waals surface area contributed by atoms with Crippen molar-refractivity contribution < 1.29 is 18.4 Å². The summed E-state index contributed by atoms with van der Waals surface area (Å²) in [6.07, 6.45) is 3.13. The van der Waals surface area contributed by atoms with Crippen LogP contribution in [0.4, 0.5) is 4.39 Å². The average Bonchev–Trinajstić information content (AvgIpc) is 3.36. The van der Waals surface area contributed by atoms with Crippen LogP contribution in [0, 0.1) is 12.7 Å². The number of ether oxygens (including phenoxy) is 1. The van der Waals surface area contributed by atoms with Crippen LogP contribution in [0.3, 0.4) is 0 Å². The maximum absolute atomic E-state index is 13.0. The first-order valence-electron chi connectivity index (χ1n) is 10.0. The van der Waals surface area contributed by atoms with Gasteiger partial charge in [-0.2, -0.15) is 10.1 Å². The van der Waals surface area contributed by atoms with Crippen LogP contribution in [0.15, 0.2) is 34.9 Å². The van der Waals surface area contributed by atoms with Gasteiger partial charge in [0.25, 0.3) is 5.91 Å². The minimum Gasteiger partial charge on any atom is -0.493 e. The second-order valence-corrected chi connectivity index (χ2v) is 7.41. The molecule has 1 fully saturated rings. The number of halogens is 1. The molecule has 8 nitrogen and oxygen atoms in total. The zero-order valence-electron chi connectivity index (χ0n) is 17.0. The largest absolute Gasteiger partial charge is 0.493 e. The minimum absolute atomic E-state index is 0.122. The average molecular weight is 413 g/mol. The topological polar surface area (TPSA) is 86.3 Å². The number of amides is 1. The van der Waals surface area contributed by atoms with Gasteiger partial charge >= 0.3 is 0 Å². The summed E-state index contributed by atoms with van der Waals surface area (Å²) in [5.41, 5.74) is 1.35. The quantitative estimate of drug-likeness (QED) is 0.617. The van der Waals surface area contributed by atoms with Crippen LogP contribution < -0.4 is 4.74 Å². The summed E-state index contributed by atoms with van der Waals surface area (Å²) in [5.74, 6) is 1.10. The predicted molar refractivity (Wildman–Crippen MR) is 105 cm³/mol. The molecule has 30 heavy (non-hydrogen) atoms. The molecule has 0 N–H and O–H groups in total. The Balaban J connectivity index is 1.41. The third kappa shape index (κ3) is 4.34. The molecule has 9 heteroatoms. The summed E-state index contributed by atoms with van der Waals surface area (Å²) in [7, 11) is 1.82. The molecule has 1 aliphatic heterocycles. The molecule has 0 aliphatic carbocycles. The highest BCUT2D eigenvalue weighted by Crippen LogP contribution is 2.31. The second kappa shape index (κ2) is 8.64.